The number of anilines is 1. The third kappa shape index (κ3) is 7.14. The Balaban J connectivity index is 1.52. The molecule has 1 heterocycles. The minimum atomic E-state index is -0.875. The molecule has 194 valence electrons. The summed E-state index contributed by atoms with van der Waals surface area (Å²) < 4.78 is 16.7. The first kappa shape index (κ1) is 26.3. The van der Waals surface area contributed by atoms with Crippen molar-refractivity contribution in [1.82, 2.24) is 0 Å². The maximum Gasteiger partial charge on any atom is 0.331 e. The smallest absolute Gasteiger partial charge is 0.331 e. The van der Waals surface area contributed by atoms with Gasteiger partial charge in [-0.2, -0.15) is 0 Å². The molecular formula is C31H35NO5. The van der Waals surface area contributed by atoms with Crippen molar-refractivity contribution in [2.24, 2.45) is 0 Å². The van der Waals surface area contributed by atoms with Crippen molar-refractivity contribution in [3.05, 3.63) is 83.4 Å². The molecule has 37 heavy (non-hydrogen) atoms. The van der Waals surface area contributed by atoms with E-state index in [1.165, 1.54) is 0 Å². The van der Waals surface area contributed by atoms with Gasteiger partial charge in [0, 0.05) is 31.0 Å². The van der Waals surface area contributed by atoms with Gasteiger partial charge in [-0.1, -0.05) is 43.7 Å². The van der Waals surface area contributed by atoms with Crippen LogP contribution < -0.4 is 14.4 Å². The van der Waals surface area contributed by atoms with Crippen LogP contribution in [0.15, 0.2) is 72.3 Å². The van der Waals surface area contributed by atoms with Gasteiger partial charge in [0.05, 0.1) is 13.7 Å². The predicted octanol–water partition coefficient (Wildman–Crippen LogP) is 6.44. The molecule has 6 nitrogen and oxygen atoms in total. The van der Waals surface area contributed by atoms with Crippen LogP contribution in [0.1, 0.15) is 37.3 Å². The summed E-state index contributed by atoms with van der Waals surface area (Å²) in [7, 11) is 1.66. The molecule has 6 heteroatoms. The molecule has 4 rings (SSSR count). The SMILES string of the molecule is CCCCOCCOc1ccc(-c2ccc3c(c2)C=C(C(=O)O)CCN3Cc2cccc(OC)c2)cc1. The van der Waals surface area contributed by atoms with E-state index < -0.39 is 5.97 Å². The standard InChI is InChI=1S/C31H35NO5/c1-3-4-16-36-17-18-37-28-11-8-24(9-12-28)25-10-13-30-27(20-25)21-26(31(33)34)14-15-32(30)22-23-6-5-7-29(19-23)35-2/h5-13,19-21H,3-4,14-18,22H2,1-2H3,(H,33,34). The fraction of sp³-hybridized carbons (Fsp3) is 0.323. The van der Waals surface area contributed by atoms with Crippen LogP contribution in [0.3, 0.4) is 0 Å². The molecule has 1 N–H and O–H groups in total. The third-order valence-electron chi connectivity index (χ3n) is 6.46. The Morgan fingerprint density at radius 2 is 1.76 bits per heavy atom. The molecule has 0 fully saturated rings. The Labute approximate surface area is 219 Å². The second kappa shape index (κ2) is 13.0. The van der Waals surface area contributed by atoms with Crippen LogP contribution in [0.2, 0.25) is 0 Å². The zero-order valence-electron chi connectivity index (χ0n) is 21.6. The first-order valence-electron chi connectivity index (χ1n) is 12.8. The summed E-state index contributed by atoms with van der Waals surface area (Å²) in [6.07, 6.45) is 4.47. The maximum atomic E-state index is 11.9. The van der Waals surface area contributed by atoms with E-state index >= 15 is 0 Å². The number of carbonyl (C=O) groups is 1. The number of methoxy groups -OCH3 is 1. The third-order valence-corrected chi connectivity index (χ3v) is 6.46. The highest BCUT2D eigenvalue weighted by atomic mass is 16.5. The highest BCUT2D eigenvalue weighted by Gasteiger charge is 2.20. The second-order valence-electron chi connectivity index (χ2n) is 9.11. The number of rotatable bonds is 12. The summed E-state index contributed by atoms with van der Waals surface area (Å²) in [5, 5.41) is 9.76. The Bertz CT molecular complexity index is 1220. The van der Waals surface area contributed by atoms with E-state index in [4.69, 9.17) is 14.2 Å². The fourth-order valence-electron chi connectivity index (χ4n) is 4.41. The first-order chi connectivity index (χ1) is 18.1. The second-order valence-corrected chi connectivity index (χ2v) is 9.11. The summed E-state index contributed by atoms with van der Waals surface area (Å²) in [6.45, 7) is 5.30. The van der Waals surface area contributed by atoms with E-state index in [0.29, 0.717) is 38.3 Å². The van der Waals surface area contributed by atoms with E-state index in [1.807, 2.05) is 48.5 Å². The van der Waals surface area contributed by atoms with Gasteiger partial charge in [-0.15, -0.1) is 0 Å². The summed E-state index contributed by atoms with van der Waals surface area (Å²) in [4.78, 5) is 14.1. The number of ether oxygens (including phenoxy) is 3. The van der Waals surface area contributed by atoms with Gasteiger partial charge in [0.25, 0.3) is 0 Å². The van der Waals surface area contributed by atoms with Crippen LogP contribution >= 0.6 is 0 Å². The zero-order valence-corrected chi connectivity index (χ0v) is 21.6. The highest BCUT2D eigenvalue weighted by Crippen LogP contribution is 2.34. The molecule has 0 unspecified atom stereocenters. The first-order valence-corrected chi connectivity index (χ1v) is 12.8. The normalized spacial score (nSPS) is 12.9. The van der Waals surface area contributed by atoms with Gasteiger partial charge in [-0.3, -0.25) is 0 Å². The Morgan fingerprint density at radius 3 is 2.51 bits per heavy atom. The number of carboxylic acid groups (broad SMARTS) is 1. The monoisotopic (exact) mass is 501 g/mol. The van der Waals surface area contributed by atoms with Crippen LogP contribution in [0.4, 0.5) is 5.69 Å². The number of benzene rings is 3. The molecule has 0 radical (unpaired) electrons. The number of fused-ring (bicyclic) bond motifs is 1. The largest absolute Gasteiger partial charge is 0.497 e. The van der Waals surface area contributed by atoms with Gasteiger partial charge in [0.1, 0.15) is 18.1 Å². The Morgan fingerprint density at radius 1 is 0.946 bits per heavy atom. The number of hydrogen-bond donors (Lipinski definition) is 1. The number of nitrogens with zero attached hydrogens (tertiary/aromatic N) is 1. The molecule has 0 aliphatic carbocycles. The summed E-state index contributed by atoms with van der Waals surface area (Å²) in [5.74, 6) is 0.735. The quantitative estimate of drug-likeness (QED) is 0.288. The summed E-state index contributed by atoms with van der Waals surface area (Å²) >= 11 is 0. The molecule has 1 aliphatic heterocycles. The number of hydrogen-bond acceptors (Lipinski definition) is 5. The van der Waals surface area contributed by atoms with Crippen molar-refractivity contribution in [1.29, 1.82) is 0 Å². The van der Waals surface area contributed by atoms with Crippen molar-refractivity contribution in [3.63, 3.8) is 0 Å². The van der Waals surface area contributed by atoms with Gasteiger partial charge < -0.3 is 24.2 Å². The van der Waals surface area contributed by atoms with Crippen molar-refractivity contribution < 1.29 is 24.1 Å². The van der Waals surface area contributed by atoms with Crippen molar-refractivity contribution in [3.8, 4) is 22.6 Å². The molecule has 0 saturated carbocycles. The lowest BCUT2D eigenvalue weighted by atomic mass is 10.00. The summed E-state index contributed by atoms with van der Waals surface area (Å²) in [5.41, 5.74) is 5.52. The minimum absolute atomic E-state index is 0.413. The molecule has 0 amide bonds. The minimum Gasteiger partial charge on any atom is -0.497 e. The molecule has 3 aromatic carbocycles. The Hall–Kier alpha value is -3.77. The fourth-order valence-corrected chi connectivity index (χ4v) is 4.41. The molecule has 0 saturated heterocycles. The predicted molar refractivity (Wildman–Crippen MR) is 147 cm³/mol. The maximum absolute atomic E-state index is 11.9. The van der Waals surface area contributed by atoms with Gasteiger partial charge in [-0.05, 0) is 77.6 Å². The Kier molecular flexibility index (Phi) is 9.22. The van der Waals surface area contributed by atoms with Crippen molar-refractivity contribution in [2.45, 2.75) is 32.7 Å². The van der Waals surface area contributed by atoms with Crippen LogP contribution in [-0.4, -0.2) is 44.6 Å². The zero-order chi connectivity index (χ0) is 26.0. The lowest BCUT2D eigenvalue weighted by molar-refractivity contribution is -0.132. The van der Waals surface area contributed by atoms with Crippen LogP contribution in [-0.2, 0) is 16.1 Å². The van der Waals surface area contributed by atoms with Crippen LogP contribution in [0.5, 0.6) is 11.5 Å². The van der Waals surface area contributed by atoms with Gasteiger partial charge in [0.2, 0.25) is 0 Å². The lowest BCUT2D eigenvalue weighted by Gasteiger charge is -2.26. The van der Waals surface area contributed by atoms with Crippen LogP contribution in [0, 0.1) is 0 Å². The highest BCUT2D eigenvalue weighted by molar-refractivity contribution is 5.94. The van der Waals surface area contributed by atoms with Gasteiger partial charge >= 0.3 is 5.97 Å². The molecule has 1 aliphatic rings. The van der Waals surface area contributed by atoms with E-state index in [2.05, 4.69) is 36.1 Å². The van der Waals surface area contributed by atoms with E-state index in [0.717, 1.165) is 58.9 Å². The molecule has 0 atom stereocenters. The number of carboxylic acids is 1. The van der Waals surface area contributed by atoms with Crippen molar-refractivity contribution in [2.75, 3.05) is 38.4 Å². The van der Waals surface area contributed by atoms with E-state index in [-0.39, 0.29) is 0 Å². The average Bonchev–Trinajstić information content (AvgIpc) is 3.10. The van der Waals surface area contributed by atoms with Gasteiger partial charge in [0.15, 0.2) is 0 Å². The molecule has 0 spiro atoms. The van der Waals surface area contributed by atoms with Crippen LogP contribution in [0.25, 0.3) is 17.2 Å². The molecule has 0 bridgehead atoms. The van der Waals surface area contributed by atoms with Crippen molar-refractivity contribution >= 4 is 17.7 Å². The molecule has 0 aromatic heterocycles. The summed E-state index contributed by atoms with van der Waals surface area (Å²) in [6, 6.07) is 22.2. The van der Waals surface area contributed by atoms with E-state index in [9.17, 15) is 9.90 Å². The lowest BCUT2D eigenvalue weighted by Crippen LogP contribution is -2.24. The number of aliphatic carboxylic acids is 1. The average molecular weight is 502 g/mol. The molecule has 3 aromatic rings. The number of unbranched alkanes of at least 4 members (excludes halogenated alkanes) is 1. The van der Waals surface area contributed by atoms with Gasteiger partial charge in [-0.25, -0.2) is 4.79 Å². The molecular weight excluding hydrogens is 466 g/mol. The topological polar surface area (TPSA) is 68.2 Å². The van der Waals surface area contributed by atoms with E-state index in [1.54, 1.807) is 7.11 Å².